The maximum absolute atomic E-state index is 12.9. The van der Waals surface area contributed by atoms with Crippen molar-refractivity contribution >= 4 is 21.4 Å². The third-order valence-electron chi connectivity index (χ3n) is 4.18. The minimum absolute atomic E-state index is 0.0421. The van der Waals surface area contributed by atoms with Crippen molar-refractivity contribution in [2.45, 2.75) is 24.3 Å². The normalized spacial score (nSPS) is 15.2. The van der Waals surface area contributed by atoms with Crippen LogP contribution >= 0.6 is 0 Å². The lowest BCUT2D eigenvalue weighted by atomic mass is 10.2. The number of benzene rings is 2. The molecule has 1 fully saturated rings. The minimum atomic E-state index is -3.76. The Morgan fingerprint density at radius 2 is 1.76 bits per heavy atom. The van der Waals surface area contributed by atoms with Crippen molar-refractivity contribution in [3.05, 3.63) is 64.2 Å². The van der Waals surface area contributed by atoms with Crippen molar-refractivity contribution in [3.8, 4) is 0 Å². The molecule has 1 aliphatic heterocycles. The summed E-state index contributed by atoms with van der Waals surface area (Å²) in [4.78, 5) is 10.4. The average Bonchev–Trinajstić information content (AvgIpc) is 3.16. The van der Waals surface area contributed by atoms with E-state index >= 15 is 0 Å². The SMILES string of the molecule is O=[N+]([O-])c1ccc(NCc2ccccc2)c(S(=O)(=O)N2CCCC2)c1. The molecular weight excluding hydrogens is 342 g/mol. The molecule has 0 amide bonds. The van der Waals surface area contributed by atoms with Gasteiger partial charge in [-0.05, 0) is 24.5 Å². The number of nitro benzene ring substituents is 1. The number of nitro groups is 1. The number of hydrogen-bond donors (Lipinski definition) is 1. The Kier molecular flexibility index (Phi) is 5.00. The lowest BCUT2D eigenvalue weighted by Gasteiger charge is -2.18. The highest BCUT2D eigenvalue weighted by Crippen LogP contribution is 2.31. The number of anilines is 1. The van der Waals surface area contributed by atoms with Gasteiger partial charge < -0.3 is 5.32 Å². The molecule has 0 radical (unpaired) electrons. The summed E-state index contributed by atoms with van der Waals surface area (Å²) in [7, 11) is -3.76. The van der Waals surface area contributed by atoms with Crippen LogP contribution in [0.4, 0.5) is 11.4 Å². The van der Waals surface area contributed by atoms with Crippen LogP contribution in [0.15, 0.2) is 53.4 Å². The van der Waals surface area contributed by atoms with Gasteiger partial charge in [-0.1, -0.05) is 30.3 Å². The number of non-ortho nitro benzene ring substituents is 1. The lowest BCUT2D eigenvalue weighted by molar-refractivity contribution is -0.385. The Labute approximate surface area is 146 Å². The molecule has 0 aliphatic carbocycles. The molecule has 1 heterocycles. The zero-order chi connectivity index (χ0) is 17.9. The third kappa shape index (κ3) is 3.80. The van der Waals surface area contributed by atoms with Crippen molar-refractivity contribution in [1.29, 1.82) is 0 Å². The molecular formula is C17H19N3O4S. The highest BCUT2D eigenvalue weighted by molar-refractivity contribution is 7.89. The van der Waals surface area contributed by atoms with Crippen molar-refractivity contribution in [1.82, 2.24) is 4.31 Å². The van der Waals surface area contributed by atoms with Crippen LogP contribution in [-0.4, -0.2) is 30.7 Å². The molecule has 1 saturated heterocycles. The fourth-order valence-corrected chi connectivity index (χ4v) is 4.55. The summed E-state index contributed by atoms with van der Waals surface area (Å²) < 4.78 is 27.2. The van der Waals surface area contributed by atoms with E-state index in [1.807, 2.05) is 30.3 Å². The van der Waals surface area contributed by atoms with Gasteiger partial charge in [-0.3, -0.25) is 10.1 Å². The van der Waals surface area contributed by atoms with E-state index < -0.39 is 14.9 Å². The summed E-state index contributed by atoms with van der Waals surface area (Å²) in [5.74, 6) is 0. The monoisotopic (exact) mass is 361 g/mol. The number of nitrogens with one attached hydrogen (secondary N) is 1. The molecule has 7 nitrogen and oxygen atoms in total. The van der Waals surface area contributed by atoms with E-state index in [0.29, 0.717) is 25.3 Å². The summed E-state index contributed by atoms with van der Waals surface area (Å²) in [6.07, 6.45) is 1.61. The van der Waals surface area contributed by atoms with E-state index in [2.05, 4.69) is 5.32 Å². The van der Waals surface area contributed by atoms with E-state index in [1.54, 1.807) is 0 Å². The van der Waals surface area contributed by atoms with Gasteiger partial charge in [0.25, 0.3) is 5.69 Å². The molecule has 0 unspecified atom stereocenters. The van der Waals surface area contributed by atoms with Crippen LogP contribution in [0, 0.1) is 10.1 Å². The molecule has 0 bridgehead atoms. The Hall–Kier alpha value is -2.45. The maximum Gasteiger partial charge on any atom is 0.270 e. The van der Waals surface area contributed by atoms with Crippen LogP contribution in [0.3, 0.4) is 0 Å². The second kappa shape index (κ2) is 7.20. The van der Waals surface area contributed by atoms with Gasteiger partial charge in [0.05, 0.1) is 10.6 Å². The first-order valence-corrected chi connectivity index (χ1v) is 9.49. The summed E-state index contributed by atoms with van der Waals surface area (Å²) >= 11 is 0. The summed E-state index contributed by atoms with van der Waals surface area (Å²) in [5, 5.41) is 14.2. The molecule has 132 valence electrons. The van der Waals surface area contributed by atoms with Crippen LogP contribution in [-0.2, 0) is 16.6 Å². The molecule has 0 atom stereocenters. The molecule has 2 aromatic rings. The Morgan fingerprint density at radius 1 is 1.08 bits per heavy atom. The van der Waals surface area contributed by atoms with Gasteiger partial charge in [-0.2, -0.15) is 4.31 Å². The van der Waals surface area contributed by atoms with Gasteiger partial charge >= 0.3 is 0 Å². The first kappa shape index (κ1) is 17.4. The Morgan fingerprint density at radius 3 is 2.40 bits per heavy atom. The number of rotatable bonds is 6. The summed E-state index contributed by atoms with van der Waals surface area (Å²) in [5.41, 5.74) is 1.13. The molecule has 1 N–H and O–H groups in total. The zero-order valence-electron chi connectivity index (χ0n) is 13.6. The van der Waals surface area contributed by atoms with Crippen LogP contribution in [0.2, 0.25) is 0 Å². The second-order valence-corrected chi connectivity index (χ2v) is 7.79. The molecule has 25 heavy (non-hydrogen) atoms. The number of hydrogen-bond acceptors (Lipinski definition) is 5. The summed E-state index contributed by atoms with van der Waals surface area (Å²) in [6.45, 7) is 1.33. The predicted octanol–water partition coefficient (Wildman–Crippen LogP) is 2.99. The predicted molar refractivity (Wildman–Crippen MR) is 94.9 cm³/mol. The van der Waals surface area contributed by atoms with Gasteiger partial charge in [0.1, 0.15) is 4.90 Å². The van der Waals surface area contributed by atoms with Gasteiger partial charge in [0, 0.05) is 31.8 Å². The van der Waals surface area contributed by atoms with Crippen LogP contribution in [0.5, 0.6) is 0 Å². The smallest absolute Gasteiger partial charge is 0.270 e. The van der Waals surface area contributed by atoms with E-state index in [4.69, 9.17) is 0 Å². The third-order valence-corrected chi connectivity index (χ3v) is 6.12. The quantitative estimate of drug-likeness (QED) is 0.631. The average molecular weight is 361 g/mol. The standard InChI is InChI=1S/C17H19N3O4S/c21-20(22)15-8-9-16(18-13-14-6-2-1-3-7-14)17(12-15)25(23,24)19-10-4-5-11-19/h1-3,6-9,12,18H,4-5,10-11,13H2. The van der Waals surface area contributed by atoms with E-state index in [-0.39, 0.29) is 10.6 Å². The van der Waals surface area contributed by atoms with Crippen molar-refractivity contribution < 1.29 is 13.3 Å². The first-order valence-electron chi connectivity index (χ1n) is 8.05. The molecule has 0 saturated carbocycles. The van der Waals surface area contributed by atoms with Gasteiger partial charge in [-0.15, -0.1) is 0 Å². The summed E-state index contributed by atoms with van der Waals surface area (Å²) in [6, 6.07) is 13.5. The van der Waals surface area contributed by atoms with E-state index in [0.717, 1.165) is 24.5 Å². The second-order valence-electron chi connectivity index (χ2n) is 5.89. The molecule has 2 aromatic carbocycles. The molecule has 3 rings (SSSR count). The van der Waals surface area contributed by atoms with Crippen molar-refractivity contribution in [3.63, 3.8) is 0 Å². The van der Waals surface area contributed by atoms with Crippen molar-refractivity contribution in [2.75, 3.05) is 18.4 Å². The Bertz CT molecular complexity index is 863. The van der Waals surface area contributed by atoms with E-state index in [1.165, 1.54) is 16.4 Å². The van der Waals surface area contributed by atoms with E-state index in [9.17, 15) is 18.5 Å². The Balaban J connectivity index is 1.95. The molecule has 0 aromatic heterocycles. The van der Waals surface area contributed by atoms with Crippen LogP contribution in [0.25, 0.3) is 0 Å². The fourth-order valence-electron chi connectivity index (χ4n) is 2.84. The van der Waals surface area contributed by atoms with Crippen LogP contribution in [0.1, 0.15) is 18.4 Å². The molecule has 0 spiro atoms. The van der Waals surface area contributed by atoms with Gasteiger partial charge in [0.2, 0.25) is 10.0 Å². The van der Waals surface area contributed by atoms with Gasteiger partial charge in [-0.25, -0.2) is 8.42 Å². The maximum atomic E-state index is 12.9. The minimum Gasteiger partial charge on any atom is -0.380 e. The molecule has 8 heteroatoms. The number of sulfonamides is 1. The largest absolute Gasteiger partial charge is 0.380 e. The molecule has 1 aliphatic rings. The number of nitrogens with zero attached hydrogens (tertiary/aromatic N) is 2. The first-order chi connectivity index (χ1) is 12.0. The van der Waals surface area contributed by atoms with Crippen molar-refractivity contribution in [2.24, 2.45) is 0 Å². The highest BCUT2D eigenvalue weighted by Gasteiger charge is 2.30. The fraction of sp³-hybridized carbons (Fsp3) is 0.294. The van der Waals surface area contributed by atoms with Gasteiger partial charge in [0.15, 0.2) is 0 Å². The zero-order valence-corrected chi connectivity index (χ0v) is 14.4. The highest BCUT2D eigenvalue weighted by atomic mass is 32.2. The van der Waals surface area contributed by atoms with Crippen LogP contribution < -0.4 is 5.32 Å². The topological polar surface area (TPSA) is 92.5 Å². The lowest BCUT2D eigenvalue weighted by Crippen LogP contribution is -2.28.